The third-order valence-corrected chi connectivity index (χ3v) is 7.88. The normalized spacial score (nSPS) is 15.7. The van der Waals surface area contributed by atoms with Crippen molar-refractivity contribution in [2.24, 2.45) is 5.84 Å². The van der Waals surface area contributed by atoms with Gasteiger partial charge in [0.05, 0.1) is 19.7 Å². The maximum absolute atomic E-state index is 13.9. The van der Waals surface area contributed by atoms with Crippen LogP contribution in [-0.2, 0) is 18.4 Å². The smallest absolute Gasteiger partial charge is 0.266 e. The number of rotatable bonds is 10. The van der Waals surface area contributed by atoms with Crippen LogP contribution < -0.4 is 21.5 Å². The molecule has 1 saturated heterocycles. The Bertz CT molecular complexity index is 973. The van der Waals surface area contributed by atoms with Crippen molar-refractivity contribution in [3.05, 3.63) is 41.2 Å². The van der Waals surface area contributed by atoms with Crippen LogP contribution in [0.2, 0.25) is 0 Å². The third-order valence-electron chi connectivity index (χ3n) is 5.49. The number of nitrogens with zero attached hydrogens (tertiary/aromatic N) is 4. The Morgan fingerprint density at radius 2 is 1.82 bits per heavy atom. The SMILES string of the molecule is CC(C)(C)c1nc(N(N)Cc2ccccc2CCSSCCO)c(N)c(N2CCC(F)(F)C2)n1. The van der Waals surface area contributed by atoms with Gasteiger partial charge in [0, 0.05) is 29.9 Å². The van der Waals surface area contributed by atoms with E-state index in [-0.39, 0.29) is 25.3 Å². The van der Waals surface area contributed by atoms with Crippen LogP contribution in [0.3, 0.4) is 0 Å². The van der Waals surface area contributed by atoms with Crippen molar-refractivity contribution in [2.75, 3.05) is 46.8 Å². The van der Waals surface area contributed by atoms with Gasteiger partial charge in [0.1, 0.15) is 11.5 Å². The molecule has 3 rings (SSSR count). The zero-order valence-electron chi connectivity index (χ0n) is 19.9. The van der Waals surface area contributed by atoms with Crippen LogP contribution in [0, 0.1) is 0 Å². The van der Waals surface area contributed by atoms with Gasteiger partial charge in [-0.05, 0) is 17.5 Å². The molecule has 0 saturated carbocycles. The second-order valence-electron chi connectivity index (χ2n) is 9.40. The van der Waals surface area contributed by atoms with Gasteiger partial charge < -0.3 is 15.7 Å². The van der Waals surface area contributed by atoms with Crippen LogP contribution in [0.4, 0.5) is 26.1 Å². The summed E-state index contributed by atoms with van der Waals surface area (Å²) in [6.07, 6.45) is 0.624. The molecule has 188 valence electrons. The summed E-state index contributed by atoms with van der Waals surface area (Å²) in [7, 11) is 3.37. The van der Waals surface area contributed by atoms with Crippen molar-refractivity contribution in [3.8, 4) is 0 Å². The first-order valence-corrected chi connectivity index (χ1v) is 13.8. The summed E-state index contributed by atoms with van der Waals surface area (Å²) in [4.78, 5) is 10.8. The predicted octanol–water partition coefficient (Wildman–Crippen LogP) is 4.00. The number of hydrogen-bond donors (Lipinski definition) is 3. The minimum absolute atomic E-state index is 0.171. The lowest BCUT2D eigenvalue weighted by Crippen LogP contribution is -2.35. The molecule has 0 bridgehead atoms. The lowest BCUT2D eigenvalue weighted by molar-refractivity contribution is 0.0257. The summed E-state index contributed by atoms with van der Waals surface area (Å²) < 4.78 is 27.9. The van der Waals surface area contributed by atoms with Gasteiger partial charge in [-0.15, -0.1) is 0 Å². The highest BCUT2D eigenvalue weighted by atomic mass is 33.1. The fourth-order valence-corrected chi connectivity index (χ4v) is 5.47. The van der Waals surface area contributed by atoms with Gasteiger partial charge in [-0.1, -0.05) is 66.6 Å². The highest BCUT2D eigenvalue weighted by molar-refractivity contribution is 8.76. The molecule has 2 aromatic rings. The molecule has 1 aliphatic rings. The van der Waals surface area contributed by atoms with E-state index in [0.717, 1.165) is 23.3 Å². The number of aryl methyl sites for hydroxylation is 1. The second kappa shape index (κ2) is 11.3. The van der Waals surface area contributed by atoms with Crippen LogP contribution in [0.25, 0.3) is 0 Å². The fraction of sp³-hybridized carbons (Fsp3) is 0.565. The Balaban J connectivity index is 1.86. The number of alkyl halides is 2. The average molecular weight is 513 g/mol. The molecule has 0 aliphatic carbocycles. The molecule has 0 amide bonds. The van der Waals surface area contributed by atoms with Crippen LogP contribution in [0.1, 0.15) is 44.1 Å². The quantitative estimate of drug-likeness (QED) is 0.189. The first kappa shape index (κ1) is 26.8. The lowest BCUT2D eigenvalue weighted by atomic mass is 9.95. The Kier molecular flexibility index (Phi) is 8.88. The largest absolute Gasteiger partial charge is 0.395 e. The molecule has 34 heavy (non-hydrogen) atoms. The van der Waals surface area contributed by atoms with Crippen molar-refractivity contribution in [1.29, 1.82) is 0 Å². The molecule has 1 aromatic heterocycles. The predicted molar refractivity (Wildman–Crippen MR) is 139 cm³/mol. The fourth-order valence-electron chi connectivity index (χ4n) is 3.68. The number of hydrazine groups is 1. The number of nitrogens with two attached hydrogens (primary N) is 2. The number of benzene rings is 1. The number of aliphatic hydroxyl groups excluding tert-OH is 1. The molecule has 0 atom stereocenters. The van der Waals surface area contributed by atoms with Crippen LogP contribution >= 0.6 is 21.6 Å². The van der Waals surface area contributed by atoms with Gasteiger partial charge in [0.15, 0.2) is 11.6 Å². The number of halogens is 2. The first-order chi connectivity index (χ1) is 16.0. The number of aromatic nitrogens is 2. The molecule has 1 aliphatic heterocycles. The van der Waals surface area contributed by atoms with E-state index in [0.29, 0.717) is 29.8 Å². The lowest BCUT2D eigenvalue weighted by Gasteiger charge is -2.28. The van der Waals surface area contributed by atoms with E-state index in [4.69, 9.17) is 16.7 Å². The second-order valence-corrected chi connectivity index (χ2v) is 12.1. The van der Waals surface area contributed by atoms with Crippen molar-refractivity contribution in [1.82, 2.24) is 9.97 Å². The minimum Gasteiger partial charge on any atom is -0.395 e. The standard InChI is InChI=1S/C23H34F2N6OS2/c1-22(2,3)21-28-19(30-10-9-23(24,25)15-30)18(26)20(29-21)31(27)14-17-7-5-4-6-16(17)8-12-33-34-13-11-32/h4-7,32H,8-15,26-27H2,1-3H3. The van der Waals surface area contributed by atoms with Gasteiger partial charge >= 0.3 is 0 Å². The van der Waals surface area contributed by atoms with Crippen molar-refractivity contribution in [3.63, 3.8) is 0 Å². The monoisotopic (exact) mass is 512 g/mol. The zero-order valence-corrected chi connectivity index (χ0v) is 21.6. The Labute approximate surface area is 208 Å². The number of hydrogen-bond acceptors (Lipinski definition) is 9. The summed E-state index contributed by atoms with van der Waals surface area (Å²) >= 11 is 0. The van der Waals surface area contributed by atoms with E-state index < -0.39 is 17.9 Å². The summed E-state index contributed by atoms with van der Waals surface area (Å²) in [5.74, 6) is 6.48. The van der Waals surface area contributed by atoms with Gasteiger partial charge in [-0.2, -0.15) is 0 Å². The highest BCUT2D eigenvalue weighted by Gasteiger charge is 2.40. The Morgan fingerprint density at radius 3 is 2.44 bits per heavy atom. The summed E-state index contributed by atoms with van der Waals surface area (Å²) in [5.41, 5.74) is 8.43. The highest BCUT2D eigenvalue weighted by Crippen LogP contribution is 2.37. The number of nitrogen functional groups attached to an aromatic ring is 1. The Hall–Kier alpha value is -1.82. The van der Waals surface area contributed by atoms with E-state index in [2.05, 4.69) is 16.0 Å². The van der Waals surface area contributed by atoms with Gasteiger partial charge in [-0.3, -0.25) is 5.01 Å². The van der Waals surface area contributed by atoms with Crippen LogP contribution in [-0.4, -0.2) is 52.2 Å². The van der Waals surface area contributed by atoms with E-state index in [1.807, 2.05) is 39.0 Å². The average Bonchev–Trinajstić information content (AvgIpc) is 3.13. The van der Waals surface area contributed by atoms with Gasteiger partial charge in [-0.25, -0.2) is 24.6 Å². The van der Waals surface area contributed by atoms with Crippen molar-refractivity contribution < 1.29 is 13.9 Å². The molecule has 2 heterocycles. The van der Waals surface area contributed by atoms with Crippen LogP contribution in [0.15, 0.2) is 24.3 Å². The van der Waals surface area contributed by atoms with Crippen molar-refractivity contribution in [2.45, 2.75) is 51.5 Å². The molecule has 0 unspecified atom stereocenters. The van der Waals surface area contributed by atoms with E-state index >= 15 is 0 Å². The van der Waals surface area contributed by atoms with Crippen molar-refractivity contribution >= 4 is 38.9 Å². The zero-order chi connectivity index (χ0) is 24.9. The topological polar surface area (TPSA) is 105 Å². The molecule has 1 fully saturated rings. The third kappa shape index (κ3) is 6.87. The van der Waals surface area contributed by atoms with Crippen LogP contribution in [0.5, 0.6) is 0 Å². The molecule has 0 spiro atoms. The molecular formula is C23H34F2N6OS2. The molecule has 0 radical (unpaired) electrons. The molecular weight excluding hydrogens is 478 g/mol. The number of aliphatic hydroxyl groups is 1. The number of anilines is 3. The maximum atomic E-state index is 13.9. The molecule has 5 N–H and O–H groups in total. The summed E-state index contributed by atoms with van der Waals surface area (Å²) in [6.45, 7) is 6.19. The molecule has 1 aromatic carbocycles. The molecule has 7 nitrogen and oxygen atoms in total. The first-order valence-electron chi connectivity index (χ1n) is 11.3. The van der Waals surface area contributed by atoms with E-state index in [1.165, 1.54) is 9.91 Å². The molecule has 11 heteroatoms. The van der Waals surface area contributed by atoms with Gasteiger partial charge in [0.2, 0.25) is 0 Å². The maximum Gasteiger partial charge on any atom is 0.266 e. The summed E-state index contributed by atoms with van der Waals surface area (Å²) in [5, 5.41) is 10.4. The van der Waals surface area contributed by atoms with Gasteiger partial charge in [0.25, 0.3) is 5.92 Å². The van der Waals surface area contributed by atoms with E-state index in [1.54, 1.807) is 21.6 Å². The Morgan fingerprint density at radius 1 is 1.15 bits per heavy atom. The summed E-state index contributed by atoms with van der Waals surface area (Å²) in [6, 6.07) is 8.04. The van der Waals surface area contributed by atoms with E-state index in [9.17, 15) is 8.78 Å². The minimum atomic E-state index is -2.77.